The number of halogens is 5. The Balaban J connectivity index is 2.14. The molecule has 6 nitrogen and oxygen atoms in total. The minimum atomic E-state index is -4.87. The summed E-state index contributed by atoms with van der Waals surface area (Å²) in [5.41, 5.74) is 4.55. The number of nitrogens with one attached hydrogen (secondary N) is 2. The van der Waals surface area contributed by atoms with Crippen LogP contribution in [0.2, 0.25) is 10.0 Å². The molecule has 4 N–H and O–H groups in total. The van der Waals surface area contributed by atoms with Gasteiger partial charge in [-0.1, -0.05) is 29.3 Å². The molecular formula is C19H14Cl2F3N3O3. The molecule has 0 aliphatic carbocycles. The number of benzene rings is 2. The predicted molar refractivity (Wildman–Crippen MR) is 106 cm³/mol. The van der Waals surface area contributed by atoms with Crippen molar-refractivity contribution >= 4 is 46.4 Å². The maximum Gasteiger partial charge on any atom is 0.428 e. The molecular weight excluding hydrogens is 446 g/mol. The van der Waals surface area contributed by atoms with Crippen molar-refractivity contribution in [3.63, 3.8) is 0 Å². The van der Waals surface area contributed by atoms with Crippen molar-refractivity contribution in [3.8, 4) is 0 Å². The summed E-state index contributed by atoms with van der Waals surface area (Å²) in [5.74, 6) is -1.30. The maximum atomic E-state index is 14.1. The maximum absolute atomic E-state index is 14.1. The second kappa shape index (κ2) is 7.82. The van der Waals surface area contributed by atoms with E-state index in [2.05, 4.69) is 10.8 Å². The van der Waals surface area contributed by atoms with Crippen molar-refractivity contribution in [2.75, 3.05) is 5.32 Å². The Kier molecular flexibility index (Phi) is 5.72. The molecule has 30 heavy (non-hydrogen) atoms. The van der Waals surface area contributed by atoms with Gasteiger partial charge < -0.3 is 11.1 Å². The first-order valence-corrected chi connectivity index (χ1v) is 9.10. The molecule has 11 heteroatoms. The highest BCUT2D eigenvalue weighted by Crippen LogP contribution is 2.48. The molecule has 0 saturated carbocycles. The van der Waals surface area contributed by atoms with E-state index in [0.29, 0.717) is 0 Å². The van der Waals surface area contributed by atoms with E-state index in [4.69, 9.17) is 33.8 Å². The zero-order valence-electron chi connectivity index (χ0n) is 15.2. The molecule has 0 bridgehead atoms. The molecule has 2 aromatic rings. The Bertz CT molecular complexity index is 1050. The lowest BCUT2D eigenvalue weighted by molar-refractivity contribution is -0.269. The number of hydrogen-bond acceptors (Lipinski definition) is 4. The fourth-order valence-electron chi connectivity index (χ4n) is 2.97. The molecule has 0 fully saturated rings. The van der Waals surface area contributed by atoms with E-state index in [1.165, 1.54) is 31.2 Å². The quantitative estimate of drug-likeness (QED) is 0.632. The van der Waals surface area contributed by atoms with Crippen molar-refractivity contribution in [1.82, 2.24) is 5.48 Å². The second-order valence-corrected chi connectivity index (χ2v) is 7.33. The molecule has 0 spiro atoms. The number of amides is 2. The van der Waals surface area contributed by atoms with E-state index >= 15 is 0 Å². The fraction of sp³-hybridized carbons (Fsp3) is 0.158. The Labute approximate surface area is 178 Å². The Hall–Kier alpha value is -2.75. The van der Waals surface area contributed by atoms with Crippen molar-refractivity contribution in [1.29, 1.82) is 0 Å². The summed E-state index contributed by atoms with van der Waals surface area (Å²) in [6.07, 6.45) is -4.05. The lowest BCUT2D eigenvalue weighted by Gasteiger charge is -2.28. The van der Waals surface area contributed by atoms with Crippen LogP contribution in [0.4, 0.5) is 18.9 Å². The van der Waals surface area contributed by atoms with E-state index < -0.39 is 23.6 Å². The van der Waals surface area contributed by atoms with Gasteiger partial charge in [-0.2, -0.15) is 13.2 Å². The van der Waals surface area contributed by atoms with Gasteiger partial charge in [-0.25, -0.2) is 0 Å². The van der Waals surface area contributed by atoms with E-state index in [1.807, 2.05) is 0 Å². The molecule has 0 aromatic heterocycles. The lowest BCUT2D eigenvalue weighted by Crippen LogP contribution is -2.42. The Morgan fingerprint density at radius 2 is 1.77 bits per heavy atom. The van der Waals surface area contributed by atoms with Gasteiger partial charge in [0.1, 0.15) is 0 Å². The molecule has 1 heterocycles. The number of anilines is 1. The largest absolute Gasteiger partial charge is 0.428 e. The average molecular weight is 460 g/mol. The molecule has 1 atom stereocenters. The van der Waals surface area contributed by atoms with Gasteiger partial charge >= 0.3 is 6.18 Å². The summed E-state index contributed by atoms with van der Waals surface area (Å²) in [4.78, 5) is 28.0. The highest BCUT2D eigenvalue weighted by atomic mass is 35.5. The lowest BCUT2D eigenvalue weighted by atomic mass is 9.91. The normalized spacial score (nSPS) is 18.5. The summed E-state index contributed by atoms with van der Waals surface area (Å²) >= 11 is 11.8. The number of rotatable bonds is 4. The molecule has 2 amide bonds. The number of carbonyl (C=O) groups is 2. The van der Waals surface area contributed by atoms with Gasteiger partial charge in [0.05, 0.1) is 16.9 Å². The summed E-state index contributed by atoms with van der Waals surface area (Å²) in [6, 6.07) is 7.45. The van der Waals surface area contributed by atoms with Gasteiger partial charge in [0.15, 0.2) is 0 Å². The number of alkyl halides is 3. The number of hydroxylamine groups is 1. The van der Waals surface area contributed by atoms with Crippen LogP contribution in [0, 0.1) is 0 Å². The first-order chi connectivity index (χ1) is 13.9. The smallest absolute Gasteiger partial charge is 0.366 e. The number of carbonyl (C=O) groups excluding carboxylic acids is 2. The van der Waals surface area contributed by atoms with Crippen LogP contribution in [-0.4, -0.2) is 18.0 Å². The summed E-state index contributed by atoms with van der Waals surface area (Å²) < 4.78 is 42.2. The van der Waals surface area contributed by atoms with Crippen LogP contribution in [0.5, 0.6) is 0 Å². The zero-order chi connectivity index (χ0) is 22.3. The Morgan fingerprint density at radius 3 is 2.30 bits per heavy atom. The van der Waals surface area contributed by atoms with Crippen LogP contribution in [0.1, 0.15) is 28.4 Å². The summed E-state index contributed by atoms with van der Waals surface area (Å²) in [5, 5.41) is 2.43. The van der Waals surface area contributed by atoms with Crippen LogP contribution in [-0.2, 0) is 15.2 Å². The van der Waals surface area contributed by atoms with Crippen LogP contribution < -0.4 is 16.5 Å². The number of hydrogen-bond donors (Lipinski definition) is 3. The minimum Gasteiger partial charge on any atom is -0.366 e. The third-order valence-corrected chi connectivity index (χ3v) is 4.73. The van der Waals surface area contributed by atoms with Gasteiger partial charge in [0.25, 0.3) is 5.91 Å². The van der Waals surface area contributed by atoms with Gasteiger partial charge in [0.2, 0.25) is 11.5 Å². The highest BCUT2D eigenvalue weighted by molar-refractivity contribution is 6.34. The SMILES string of the molecule is CC(=O)Nc1cc(C2=CC(c3cc(Cl)cc(Cl)c3)(C(F)(F)F)ON2)ccc1C(N)=O. The minimum absolute atomic E-state index is 0.00262. The van der Waals surface area contributed by atoms with Crippen LogP contribution in [0.3, 0.4) is 0 Å². The molecule has 3 rings (SSSR count). The third kappa shape index (κ3) is 4.09. The van der Waals surface area contributed by atoms with Crippen LogP contribution in [0.25, 0.3) is 5.70 Å². The highest BCUT2D eigenvalue weighted by Gasteiger charge is 2.59. The predicted octanol–water partition coefficient (Wildman–Crippen LogP) is 4.38. The zero-order valence-corrected chi connectivity index (χ0v) is 16.7. The van der Waals surface area contributed by atoms with Crippen molar-refractivity contribution in [2.45, 2.75) is 18.7 Å². The average Bonchev–Trinajstić information content (AvgIpc) is 3.06. The van der Waals surface area contributed by atoms with Crippen molar-refractivity contribution < 1.29 is 27.6 Å². The first kappa shape index (κ1) is 21.9. The summed E-state index contributed by atoms with van der Waals surface area (Å²) in [6.45, 7) is 1.21. The van der Waals surface area contributed by atoms with E-state index in [1.54, 1.807) is 0 Å². The van der Waals surface area contributed by atoms with Crippen LogP contribution in [0.15, 0.2) is 42.5 Å². The number of primary amides is 1. The van der Waals surface area contributed by atoms with Gasteiger partial charge in [0, 0.05) is 28.1 Å². The van der Waals surface area contributed by atoms with E-state index in [9.17, 15) is 22.8 Å². The van der Waals surface area contributed by atoms with Gasteiger partial charge in [-0.3, -0.25) is 19.9 Å². The molecule has 1 aliphatic rings. The van der Waals surface area contributed by atoms with Crippen molar-refractivity contribution in [2.24, 2.45) is 5.73 Å². The molecule has 1 unspecified atom stereocenters. The van der Waals surface area contributed by atoms with Gasteiger partial charge in [-0.05, 0) is 36.4 Å². The van der Waals surface area contributed by atoms with Crippen molar-refractivity contribution in [3.05, 3.63) is 69.2 Å². The fourth-order valence-corrected chi connectivity index (χ4v) is 3.50. The molecule has 0 saturated heterocycles. The van der Waals surface area contributed by atoms with Crippen LogP contribution >= 0.6 is 23.2 Å². The van der Waals surface area contributed by atoms with E-state index in [-0.39, 0.29) is 38.1 Å². The number of nitrogens with two attached hydrogens (primary N) is 1. The first-order valence-electron chi connectivity index (χ1n) is 8.35. The van der Waals surface area contributed by atoms with E-state index in [0.717, 1.165) is 18.2 Å². The standard InChI is InChI=1S/C19H14Cl2F3N3O3/c1-9(28)26-15-4-10(2-3-14(15)17(25)29)16-8-18(30-27-16,19(22,23)24)11-5-12(20)7-13(21)6-11/h2-8,27H,1H3,(H2,25,29)(H,26,28). The second-order valence-electron chi connectivity index (χ2n) is 6.46. The molecule has 158 valence electrons. The molecule has 1 aliphatic heterocycles. The molecule has 0 radical (unpaired) electrons. The monoisotopic (exact) mass is 459 g/mol. The third-order valence-electron chi connectivity index (χ3n) is 4.29. The molecule has 2 aromatic carbocycles. The summed E-state index contributed by atoms with van der Waals surface area (Å²) in [7, 11) is 0. The van der Waals surface area contributed by atoms with Gasteiger partial charge in [-0.15, -0.1) is 0 Å². The topological polar surface area (TPSA) is 93.4 Å². The Morgan fingerprint density at radius 1 is 1.13 bits per heavy atom.